The molecule has 3 heteroatoms. The molecular weight excluding hydrogens is 140 g/mol. The second kappa shape index (κ2) is 3.05. The lowest BCUT2D eigenvalue weighted by Gasteiger charge is -1.97. The summed E-state index contributed by atoms with van der Waals surface area (Å²) in [6, 6.07) is 6.63. The summed E-state index contributed by atoms with van der Waals surface area (Å²) in [6.07, 6.45) is 0. The monoisotopic (exact) mass is 149 g/mol. The van der Waals surface area contributed by atoms with Crippen LogP contribution in [0, 0.1) is 6.92 Å². The van der Waals surface area contributed by atoms with Crippen molar-refractivity contribution in [1.82, 2.24) is 5.32 Å². The summed E-state index contributed by atoms with van der Waals surface area (Å²) >= 11 is 0. The van der Waals surface area contributed by atoms with Gasteiger partial charge in [0.1, 0.15) is 0 Å². The van der Waals surface area contributed by atoms with E-state index in [2.05, 4.69) is 5.32 Å². The molecule has 0 saturated carbocycles. The van der Waals surface area contributed by atoms with E-state index in [0.717, 1.165) is 5.56 Å². The van der Waals surface area contributed by atoms with E-state index >= 15 is 0 Å². The Kier molecular flexibility index (Phi) is 2.11. The zero-order chi connectivity index (χ0) is 8.27. The first-order valence-corrected chi connectivity index (χ1v) is 3.26. The van der Waals surface area contributed by atoms with Crippen LogP contribution in [0.5, 0.6) is 0 Å². The maximum absolute atomic E-state index is 10.3. The summed E-state index contributed by atoms with van der Waals surface area (Å²) in [5.41, 5.74) is 6.54. The summed E-state index contributed by atoms with van der Waals surface area (Å²) in [7, 11) is 0. The molecule has 1 radical (unpaired) electrons. The Labute approximate surface area is 65.2 Å². The molecule has 2 amide bonds. The fraction of sp³-hybridized carbons (Fsp3) is 0.125. The maximum Gasteiger partial charge on any atom is 0.338 e. The van der Waals surface area contributed by atoms with Gasteiger partial charge in [-0.15, -0.1) is 0 Å². The standard InChI is InChI=1S/C8H9N2O/c1-6-3-2-4-7(5-6)10-8(9)11/h2-5H,1H3,(H2,9,11). The zero-order valence-electron chi connectivity index (χ0n) is 6.24. The average Bonchev–Trinajstić information content (AvgIpc) is 1.85. The molecule has 0 atom stereocenters. The summed E-state index contributed by atoms with van der Waals surface area (Å²) in [4.78, 5) is 10.3. The maximum atomic E-state index is 10.3. The van der Waals surface area contributed by atoms with E-state index in [1.165, 1.54) is 0 Å². The molecule has 3 nitrogen and oxygen atoms in total. The predicted molar refractivity (Wildman–Crippen MR) is 42.6 cm³/mol. The molecule has 0 bridgehead atoms. The van der Waals surface area contributed by atoms with Crippen LogP contribution in [-0.2, 0) is 0 Å². The van der Waals surface area contributed by atoms with E-state index in [4.69, 9.17) is 5.73 Å². The molecule has 2 N–H and O–H groups in total. The lowest BCUT2D eigenvalue weighted by Crippen LogP contribution is -2.18. The normalized spacial score (nSPS) is 9.18. The summed E-state index contributed by atoms with van der Waals surface area (Å²) in [5.74, 6) is 0. The third-order valence-corrected chi connectivity index (χ3v) is 1.24. The Morgan fingerprint density at radius 2 is 2.27 bits per heavy atom. The Morgan fingerprint density at radius 3 is 2.82 bits per heavy atom. The van der Waals surface area contributed by atoms with E-state index in [1.54, 1.807) is 12.1 Å². The fourth-order valence-electron chi connectivity index (χ4n) is 0.825. The van der Waals surface area contributed by atoms with Crippen LogP contribution in [0.3, 0.4) is 0 Å². The number of rotatable bonds is 1. The molecule has 0 spiro atoms. The Morgan fingerprint density at radius 1 is 1.55 bits per heavy atom. The van der Waals surface area contributed by atoms with Crippen molar-refractivity contribution in [3.63, 3.8) is 0 Å². The van der Waals surface area contributed by atoms with Gasteiger partial charge in [0.25, 0.3) is 0 Å². The van der Waals surface area contributed by atoms with Crippen molar-refractivity contribution in [1.29, 1.82) is 0 Å². The van der Waals surface area contributed by atoms with E-state index in [9.17, 15) is 4.79 Å². The van der Waals surface area contributed by atoms with Gasteiger partial charge in [0.15, 0.2) is 0 Å². The molecule has 0 heterocycles. The lowest BCUT2D eigenvalue weighted by molar-refractivity contribution is 0.252. The van der Waals surface area contributed by atoms with Crippen molar-refractivity contribution in [2.45, 2.75) is 6.92 Å². The molecule has 1 aromatic rings. The quantitative estimate of drug-likeness (QED) is 0.643. The Bertz CT molecular complexity index is 271. The van der Waals surface area contributed by atoms with Gasteiger partial charge in [-0.25, -0.2) is 4.79 Å². The molecule has 0 aliphatic heterocycles. The number of urea groups is 1. The van der Waals surface area contributed by atoms with Crippen molar-refractivity contribution < 1.29 is 4.79 Å². The highest BCUT2D eigenvalue weighted by molar-refractivity contribution is 5.76. The molecule has 57 valence electrons. The molecule has 0 saturated heterocycles. The van der Waals surface area contributed by atoms with Gasteiger partial charge in [0.05, 0.1) is 5.69 Å². The number of carbonyl (C=O) groups excluding carboxylic acids is 1. The number of amides is 2. The highest BCUT2D eigenvalue weighted by Gasteiger charge is 1.96. The molecule has 1 rings (SSSR count). The number of hydrogen-bond donors (Lipinski definition) is 1. The summed E-state index contributed by atoms with van der Waals surface area (Å²) in [5, 5.41) is 3.56. The second-order valence-electron chi connectivity index (χ2n) is 2.29. The van der Waals surface area contributed by atoms with Crippen LogP contribution in [-0.4, -0.2) is 6.03 Å². The zero-order valence-corrected chi connectivity index (χ0v) is 6.24. The van der Waals surface area contributed by atoms with Crippen molar-refractivity contribution in [3.8, 4) is 0 Å². The van der Waals surface area contributed by atoms with Crippen LogP contribution < -0.4 is 11.1 Å². The number of nitrogens with zero attached hydrogens (tertiary/aromatic N) is 1. The number of hydrogen-bond acceptors (Lipinski definition) is 1. The third kappa shape index (κ3) is 2.29. The Balaban J connectivity index is 2.79. The van der Waals surface area contributed by atoms with Crippen LogP contribution in [0.15, 0.2) is 24.3 Å². The van der Waals surface area contributed by atoms with Crippen molar-refractivity contribution in [3.05, 3.63) is 29.8 Å². The van der Waals surface area contributed by atoms with Crippen LogP contribution in [0.25, 0.3) is 0 Å². The molecule has 0 fully saturated rings. The fourth-order valence-corrected chi connectivity index (χ4v) is 0.825. The molecule has 0 aliphatic rings. The predicted octanol–water partition coefficient (Wildman–Crippen LogP) is 1.31. The van der Waals surface area contributed by atoms with Crippen molar-refractivity contribution >= 4 is 11.7 Å². The number of primary amides is 1. The van der Waals surface area contributed by atoms with Gasteiger partial charge >= 0.3 is 6.03 Å². The highest BCUT2D eigenvalue weighted by atomic mass is 16.2. The van der Waals surface area contributed by atoms with Crippen LogP contribution in [0.1, 0.15) is 5.56 Å². The molecule has 11 heavy (non-hydrogen) atoms. The molecule has 0 aliphatic carbocycles. The van der Waals surface area contributed by atoms with E-state index < -0.39 is 6.03 Å². The van der Waals surface area contributed by atoms with Crippen molar-refractivity contribution in [2.24, 2.45) is 5.73 Å². The smallest absolute Gasteiger partial charge is 0.338 e. The SMILES string of the molecule is Cc1cccc([N]C(N)=O)c1. The minimum atomic E-state index is -0.657. The Hall–Kier alpha value is -1.51. The molecule has 0 aromatic heterocycles. The van der Waals surface area contributed by atoms with E-state index in [0.29, 0.717) is 5.69 Å². The molecular formula is C8H9N2O. The number of carbonyl (C=O) groups is 1. The van der Waals surface area contributed by atoms with Crippen LogP contribution >= 0.6 is 0 Å². The summed E-state index contributed by atoms with van der Waals surface area (Å²) in [6.45, 7) is 1.93. The minimum absolute atomic E-state index is 0.609. The van der Waals surface area contributed by atoms with Gasteiger partial charge in [-0.2, -0.15) is 5.32 Å². The second-order valence-corrected chi connectivity index (χ2v) is 2.29. The molecule has 1 aromatic carbocycles. The summed E-state index contributed by atoms with van der Waals surface area (Å²) < 4.78 is 0. The van der Waals surface area contributed by atoms with Crippen LogP contribution in [0.2, 0.25) is 0 Å². The topological polar surface area (TPSA) is 57.2 Å². The van der Waals surface area contributed by atoms with E-state index in [-0.39, 0.29) is 0 Å². The van der Waals surface area contributed by atoms with Gasteiger partial charge in [-0.3, -0.25) is 0 Å². The minimum Gasteiger partial charge on any atom is -0.350 e. The first-order valence-electron chi connectivity index (χ1n) is 3.26. The largest absolute Gasteiger partial charge is 0.350 e. The highest BCUT2D eigenvalue weighted by Crippen LogP contribution is 2.08. The van der Waals surface area contributed by atoms with Crippen LogP contribution in [0.4, 0.5) is 10.5 Å². The van der Waals surface area contributed by atoms with Gasteiger partial charge in [-0.05, 0) is 24.6 Å². The first-order chi connectivity index (χ1) is 5.18. The van der Waals surface area contributed by atoms with Gasteiger partial charge in [0.2, 0.25) is 0 Å². The number of nitrogens with two attached hydrogens (primary N) is 1. The molecule has 0 unspecified atom stereocenters. The third-order valence-electron chi connectivity index (χ3n) is 1.24. The van der Waals surface area contributed by atoms with Gasteiger partial charge < -0.3 is 5.73 Å². The number of aryl methyl sites for hydroxylation is 1. The van der Waals surface area contributed by atoms with E-state index in [1.807, 2.05) is 19.1 Å². The van der Waals surface area contributed by atoms with Gasteiger partial charge in [-0.1, -0.05) is 12.1 Å². The number of benzene rings is 1. The first kappa shape index (κ1) is 7.60. The average molecular weight is 149 g/mol. The lowest BCUT2D eigenvalue weighted by atomic mass is 10.2. The van der Waals surface area contributed by atoms with Gasteiger partial charge in [0, 0.05) is 0 Å². The van der Waals surface area contributed by atoms with Crippen molar-refractivity contribution in [2.75, 3.05) is 0 Å².